The van der Waals surface area contributed by atoms with Gasteiger partial charge in [0.05, 0.1) is 0 Å². The number of nitrogens with zero attached hydrogens (tertiary/aromatic N) is 1. The number of nitrogens with one attached hydrogen (secondary N) is 1. The SMILES string of the molecule is CCC(C)(C)N(C)CCOc1ccc(CNC)cc1. The molecule has 0 spiro atoms. The molecule has 0 radical (unpaired) electrons. The van der Waals surface area contributed by atoms with Crippen LogP contribution in [-0.4, -0.2) is 37.7 Å². The summed E-state index contributed by atoms with van der Waals surface area (Å²) in [6.07, 6.45) is 1.14. The van der Waals surface area contributed by atoms with Gasteiger partial charge in [-0.1, -0.05) is 19.1 Å². The van der Waals surface area contributed by atoms with Crippen molar-refractivity contribution >= 4 is 0 Å². The van der Waals surface area contributed by atoms with Gasteiger partial charge < -0.3 is 10.1 Å². The van der Waals surface area contributed by atoms with Crippen molar-refractivity contribution in [3.63, 3.8) is 0 Å². The average molecular weight is 264 g/mol. The molecular formula is C16H28N2O. The molecule has 0 heterocycles. The highest BCUT2D eigenvalue weighted by Gasteiger charge is 2.20. The second kappa shape index (κ2) is 7.51. The van der Waals surface area contributed by atoms with Gasteiger partial charge in [0.15, 0.2) is 0 Å². The normalized spacial score (nSPS) is 11.9. The molecule has 1 N–H and O–H groups in total. The van der Waals surface area contributed by atoms with Crippen LogP contribution in [0.3, 0.4) is 0 Å². The summed E-state index contributed by atoms with van der Waals surface area (Å²) in [5.74, 6) is 0.947. The Labute approximate surface area is 118 Å². The summed E-state index contributed by atoms with van der Waals surface area (Å²) in [6.45, 7) is 9.31. The molecule has 3 nitrogen and oxygen atoms in total. The molecule has 0 fully saturated rings. The zero-order valence-electron chi connectivity index (χ0n) is 13.0. The fourth-order valence-corrected chi connectivity index (χ4v) is 1.78. The molecule has 1 rings (SSSR count). The van der Waals surface area contributed by atoms with Crippen molar-refractivity contribution in [3.8, 4) is 5.75 Å². The maximum Gasteiger partial charge on any atom is 0.119 e. The van der Waals surface area contributed by atoms with Gasteiger partial charge in [-0.15, -0.1) is 0 Å². The van der Waals surface area contributed by atoms with Gasteiger partial charge in [0.2, 0.25) is 0 Å². The van der Waals surface area contributed by atoms with Gasteiger partial charge in [-0.2, -0.15) is 0 Å². The third-order valence-corrected chi connectivity index (χ3v) is 3.90. The highest BCUT2D eigenvalue weighted by Crippen LogP contribution is 2.16. The third-order valence-electron chi connectivity index (χ3n) is 3.90. The molecule has 1 aromatic rings. The fraction of sp³-hybridized carbons (Fsp3) is 0.625. The van der Waals surface area contributed by atoms with Crippen LogP contribution < -0.4 is 10.1 Å². The maximum atomic E-state index is 5.79. The zero-order valence-corrected chi connectivity index (χ0v) is 13.0. The van der Waals surface area contributed by atoms with Crippen molar-refractivity contribution in [2.45, 2.75) is 39.3 Å². The summed E-state index contributed by atoms with van der Waals surface area (Å²) in [6, 6.07) is 8.28. The van der Waals surface area contributed by atoms with Crippen molar-refractivity contribution < 1.29 is 4.74 Å². The van der Waals surface area contributed by atoms with Gasteiger partial charge in [0.25, 0.3) is 0 Å². The highest BCUT2D eigenvalue weighted by atomic mass is 16.5. The Morgan fingerprint density at radius 3 is 2.37 bits per heavy atom. The molecule has 0 saturated heterocycles. The highest BCUT2D eigenvalue weighted by molar-refractivity contribution is 5.27. The lowest BCUT2D eigenvalue weighted by atomic mass is 10.0. The molecule has 0 aromatic heterocycles. The van der Waals surface area contributed by atoms with Crippen LogP contribution in [0.4, 0.5) is 0 Å². The summed E-state index contributed by atoms with van der Waals surface area (Å²) < 4.78 is 5.79. The number of hydrogen-bond donors (Lipinski definition) is 1. The minimum atomic E-state index is 0.236. The Morgan fingerprint density at radius 1 is 1.21 bits per heavy atom. The van der Waals surface area contributed by atoms with Crippen LogP contribution in [0, 0.1) is 0 Å². The Morgan fingerprint density at radius 2 is 1.84 bits per heavy atom. The molecule has 0 unspecified atom stereocenters. The van der Waals surface area contributed by atoms with E-state index in [1.54, 1.807) is 0 Å². The second-order valence-electron chi connectivity index (χ2n) is 5.61. The van der Waals surface area contributed by atoms with Gasteiger partial charge in [0, 0.05) is 18.6 Å². The quantitative estimate of drug-likeness (QED) is 0.781. The predicted molar refractivity (Wildman–Crippen MR) is 81.7 cm³/mol. The zero-order chi connectivity index (χ0) is 14.3. The summed E-state index contributed by atoms with van der Waals surface area (Å²) >= 11 is 0. The summed E-state index contributed by atoms with van der Waals surface area (Å²) in [4.78, 5) is 2.35. The Hall–Kier alpha value is -1.06. The monoisotopic (exact) mass is 264 g/mol. The molecule has 3 heteroatoms. The Kier molecular flexibility index (Phi) is 6.32. The minimum absolute atomic E-state index is 0.236. The number of ether oxygens (including phenoxy) is 1. The number of benzene rings is 1. The molecule has 0 amide bonds. The average Bonchev–Trinajstić information content (AvgIpc) is 2.41. The van der Waals surface area contributed by atoms with Crippen LogP contribution in [0.1, 0.15) is 32.8 Å². The lowest BCUT2D eigenvalue weighted by molar-refractivity contribution is 0.125. The van der Waals surface area contributed by atoms with Crippen molar-refractivity contribution in [2.75, 3.05) is 27.2 Å². The molecule has 0 bridgehead atoms. The van der Waals surface area contributed by atoms with Crippen molar-refractivity contribution in [2.24, 2.45) is 0 Å². The van der Waals surface area contributed by atoms with E-state index in [0.29, 0.717) is 0 Å². The van der Waals surface area contributed by atoms with E-state index >= 15 is 0 Å². The number of hydrogen-bond acceptors (Lipinski definition) is 3. The molecule has 1 aromatic carbocycles. The summed E-state index contributed by atoms with van der Waals surface area (Å²) in [5, 5.41) is 3.14. The number of likely N-dealkylation sites (N-methyl/N-ethyl adjacent to an activating group) is 1. The van der Waals surface area contributed by atoms with Crippen LogP contribution in [0.5, 0.6) is 5.75 Å². The lowest BCUT2D eigenvalue weighted by Gasteiger charge is -2.34. The van der Waals surface area contributed by atoms with Crippen molar-refractivity contribution in [3.05, 3.63) is 29.8 Å². The molecule has 108 valence electrons. The van der Waals surface area contributed by atoms with Crippen LogP contribution in [-0.2, 0) is 6.54 Å². The van der Waals surface area contributed by atoms with Crippen molar-refractivity contribution in [1.29, 1.82) is 0 Å². The molecule has 0 saturated carbocycles. The molecule has 0 aliphatic heterocycles. The van der Waals surface area contributed by atoms with E-state index in [2.05, 4.69) is 50.2 Å². The van der Waals surface area contributed by atoms with Gasteiger partial charge in [-0.25, -0.2) is 0 Å². The molecule has 0 atom stereocenters. The third kappa shape index (κ3) is 5.21. The summed E-state index contributed by atoms with van der Waals surface area (Å²) in [5.41, 5.74) is 1.51. The van der Waals surface area contributed by atoms with E-state index < -0.39 is 0 Å². The molecular weight excluding hydrogens is 236 g/mol. The first-order valence-corrected chi connectivity index (χ1v) is 7.07. The first-order chi connectivity index (χ1) is 8.99. The smallest absolute Gasteiger partial charge is 0.119 e. The largest absolute Gasteiger partial charge is 0.492 e. The molecule has 0 aliphatic carbocycles. The van der Waals surface area contributed by atoms with Gasteiger partial charge in [-0.05, 0) is 52.1 Å². The Balaban J connectivity index is 2.37. The topological polar surface area (TPSA) is 24.5 Å². The standard InChI is InChI=1S/C16H28N2O/c1-6-16(2,3)18(5)11-12-19-15-9-7-14(8-10-15)13-17-4/h7-10,17H,6,11-13H2,1-5H3. The predicted octanol–water partition coefficient (Wildman–Crippen LogP) is 2.91. The van der Waals surface area contributed by atoms with E-state index in [1.165, 1.54) is 5.56 Å². The Bertz CT molecular complexity index is 360. The fourth-order valence-electron chi connectivity index (χ4n) is 1.78. The van der Waals surface area contributed by atoms with Crippen LogP contribution in [0.2, 0.25) is 0 Å². The van der Waals surface area contributed by atoms with E-state index in [0.717, 1.165) is 31.9 Å². The molecule has 19 heavy (non-hydrogen) atoms. The van der Waals surface area contributed by atoms with E-state index in [1.807, 2.05) is 19.2 Å². The second-order valence-corrected chi connectivity index (χ2v) is 5.61. The van der Waals surface area contributed by atoms with Crippen LogP contribution in [0.25, 0.3) is 0 Å². The van der Waals surface area contributed by atoms with Crippen molar-refractivity contribution in [1.82, 2.24) is 10.2 Å². The van der Waals surface area contributed by atoms with Gasteiger partial charge in [0.1, 0.15) is 12.4 Å². The molecule has 0 aliphatic rings. The first kappa shape index (κ1) is 16.0. The van der Waals surface area contributed by atoms with E-state index in [9.17, 15) is 0 Å². The van der Waals surface area contributed by atoms with Gasteiger partial charge >= 0.3 is 0 Å². The minimum Gasteiger partial charge on any atom is -0.492 e. The first-order valence-electron chi connectivity index (χ1n) is 7.07. The van der Waals surface area contributed by atoms with Gasteiger partial charge in [-0.3, -0.25) is 4.90 Å². The van der Waals surface area contributed by atoms with E-state index in [4.69, 9.17) is 4.74 Å². The maximum absolute atomic E-state index is 5.79. The van der Waals surface area contributed by atoms with Crippen LogP contribution >= 0.6 is 0 Å². The van der Waals surface area contributed by atoms with Crippen LogP contribution in [0.15, 0.2) is 24.3 Å². The summed E-state index contributed by atoms with van der Waals surface area (Å²) in [7, 11) is 4.11. The number of rotatable bonds is 8. The lowest BCUT2D eigenvalue weighted by Crippen LogP contribution is -2.42. The van der Waals surface area contributed by atoms with E-state index in [-0.39, 0.29) is 5.54 Å².